The zero-order valence-electron chi connectivity index (χ0n) is 12.2. The van der Waals surface area contributed by atoms with Gasteiger partial charge in [-0.05, 0) is 49.7 Å². The molecule has 0 spiro atoms. The summed E-state index contributed by atoms with van der Waals surface area (Å²) in [5.41, 5.74) is 1.03. The molecule has 2 aliphatic rings. The van der Waals surface area contributed by atoms with E-state index in [0.29, 0.717) is 17.6 Å². The molecule has 0 aliphatic heterocycles. The number of rotatable bonds is 4. The molecule has 2 fully saturated rings. The summed E-state index contributed by atoms with van der Waals surface area (Å²) in [6.45, 7) is 4.15. The highest BCUT2D eigenvalue weighted by Crippen LogP contribution is 2.48. The van der Waals surface area contributed by atoms with E-state index >= 15 is 0 Å². The number of aliphatic hydroxyl groups is 1. The van der Waals surface area contributed by atoms with Crippen molar-refractivity contribution in [3.05, 3.63) is 23.2 Å². The van der Waals surface area contributed by atoms with Crippen LogP contribution in [0.1, 0.15) is 48.1 Å². The molecule has 4 atom stereocenters. The molecule has 3 rings (SSSR count). The Hall–Kier alpha value is -1.29. The number of furan rings is 1. The summed E-state index contributed by atoms with van der Waals surface area (Å²) < 4.78 is 5.61. The molecule has 4 unspecified atom stereocenters. The van der Waals surface area contributed by atoms with Crippen molar-refractivity contribution in [3.63, 3.8) is 0 Å². The van der Waals surface area contributed by atoms with Gasteiger partial charge in [0.25, 0.3) is 5.91 Å². The second-order valence-electron chi connectivity index (χ2n) is 6.25. The van der Waals surface area contributed by atoms with E-state index in [1.807, 2.05) is 19.9 Å². The van der Waals surface area contributed by atoms with E-state index in [9.17, 15) is 9.90 Å². The molecule has 0 saturated heterocycles. The molecule has 20 heavy (non-hydrogen) atoms. The number of hydrogen-bond donors (Lipinski definition) is 2. The molecule has 0 radical (unpaired) electrons. The molecule has 4 heteroatoms. The third-order valence-electron chi connectivity index (χ3n) is 5.16. The molecule has 110 valence electrons. The average molecular weight is 277 g/mol. The largest absolute Gasteiger partial charge is 0.456 e. The summed E-state index contributed by atoms with van der Waals surface area (Å²) in [4.78, 5) is 12.3. The summed E-state index contributed by atoms with van der Waals surface area (Å²) >= 11 is 0. The van der Waals surface area contributed by atoms with Crippen molar-refractivity contribution in [2.75, 3.05) is 6.61 Å². The molecule has 2 saturated carbocycles. The SMILES string of the molecule is CCc1oc(C(=O)NC2C3CCC(C3)C2CO)cc1C. The van der Waals surface area contributed by atoms with Gasteiger partial charge in [-0.15, -0.1) is 0 Å². The minimum Gasteiger partial charge on any atom is -0.456 e. The molecule has 1 amide bonds. The van der Waals surface area contributed by atoms with Crippen LogP contribution in [0.3, 0.4) is 0 Å². The van der Waals surface area contributed by atoms with Crippen molar-refractivity contribution in [2.45, 2.75) is 45.6 Å². The van der Waals surface area contributed by atoms with Crippen LogP contribution in [-0.4, -0.2) is 23.7 Å². The maximum Gasteiger partial charge on any atom is 0.287 e. The van der Waals surface area contributed by atoms with Gasteiger partial charge < -0.3 is 14.8 Å². The van der Waals surface area contributed by atoms with Crippen molar-refractivity contribution in [2.24, 2.45) is 17.8 Å². The number of aliphatic hydroxyl groups excluding tert-OH is 1. The first-order valence-electron chi connectivity index (χ1n) is 7.65. The number of carbonyl (C=O) groups is 1. The fraction of sp³-hybridized carbons (Fsp3) is 0.688. The summed E-state index contributed by atoms with van der Waals surface area (Å²) in [5.74, 6) is 2.48. The fourth-order valence-electron chi connectivity index (χ4n) is 4.10. The standard InChI is InChI=1S/C16H23NO3/c1-3-13-9(2)6-14(20-13)16(19)17-15-11-5-4-10(7-11)12(15)8-18/h6,10-12,15,18H,3-5,7-8H2,1-2H3,(H,17,19). The van der Waals surface area contributed by atoms with Crippen LogP contribution in [0, 0.1) is 24.7 Å². The fourth-order valence-corrected chi connectivity index (χ4v) is 4.10. The van der Waals surface area contributed by atoms with E-state index in [-0.39, 0.29) is 24.5 Å². The smallest absolute Gasteiger partial charge is 0.287 e. The highest BCUT2D eigenvalue weighted by atomic mass is 16.4. The van der Waals surface area contributed by atoms with Crippen molar-refractivity contribution in [1.29, 1.82) is 0 Å². The Bertz CT molecular complexity index is 508. The van der Waals surface area contributed by atoms with Crippen LogP contribution in [0.5, 0.6) is 0 Å². The lowest BCUT2D eigenvalue weighted by molar-refractivity contribution is 0.0833. The van der Waals surface area contributed by atoms with E-state index in [1.54, 1.807) is 0 Å². The van der Waals surface area contributed by atoms with Crippen LogP contribution in [0.15, 0.2) is 10.5 Å². The zero-order valence-corrected chi connectivity index (χ0v) is 12.2. The Morgan fingerprint density at radius 3 is 2.85 bits per heavy atom. The topological polar surface area (TPSA) is 62.5 Å². The zero-order chi connectivity index (χ0) is 14.3. The van der Waals surface area contributed by atoms with Crippen LogP contribution < -0.4 is 5.32 Å². The average Bonchev–Trinajstić information content (AvgIpc) is 3.12. The summed E-state index contributed by atoms with van der Waals surface area (Å²) in [6, 6.07) is 1.93. The maximum absolute atomic E-state index is 12.3. The van der Waals surface area contributed by atoms with Gasteiger partial charge in [-0.3, -0.25) is 4.79 Å². The number of amides is 1. The molecule has 2 bridgehead atoms. The lowest BCUT2D eigenvalue weighted by Crippen LogP contribution is -2.45. The second-order valence-corrected chi connectivity index (χ2v) is 6.25. The number of nitrogens with one attached hydrogen (secondary N) is 1. The van der Waals surface area contributed by atoms with Crippen LogP contribution in [0.25, 0.3) is 0 Å². The van der Waals surface area contributed by atoms with E-state index in [1.165, 1.54) is 12.8 Å². The molecule has 1 aromatic rings. The third kappa shape index (κ3) is 2.16. The van der Waals surface area contributed by atoms with Gasteiger partial charge in [0.1, 0.15) is 5.76 Å². The van der Waals surface area contributed by atoms with Gasteiger partial charge in [-0.25, -0.2) is 0 Å². The Morgan fingerprint density at radius 2 is 2.20 bits per heavy atom. The van der Waals surface area contributed by atoms with E-state index in [2.05, 4.69) is 5.32 Å². The van der Waals surface area contributed by atoms with Gasteiger partial charge in [-0.2, -0.15) is 0 Å². The molecule has 0 aromatic carbocycles. The number of fused-ring (bicyclic) bond motifs is 2. The number of carbonyl (C=O) groups excluding carboxylic acids is 1. The van der Waals surface area contributed by atoms with Gasteiger partial charge in [0.15, 0.2) is 5.76 Å². The van der Waals surface area contributed by atoms with Gasteiger partial charge >= 0.3 is 0 Å². The molecule has 2 aliphatic carbocycles. The predicted octanol–water partition coefficient (Wildman–Crippen LogP) is 2.29. The monoisotopic (exact) mass is 277 g/mol. The van der Waals surface area contributed by atoms with Gasteiger partial charge in [0.2, 0.25) is 0 Å². The third-order valence-corrected chi connectivity index (χ3v) is 5.16. The first-order valence-corrected chi connectivity index (χ1v) is 7.65. The summed E-state index contributed by atoms with van der Waals surface area (Å²) in [7, 11) is 0. The van der Waals surface area contributed by atoms with E-state index < -0.39 is 0 Å². The van der Waals surface area contributed by atoms with Crippen molar-refractivity contribution in [3.8, 4) is 0 Å². The van der Waals surface area contributed by atoms with Crippen LogP contribution in [0.2, 0.25) is 0 Å². The van der Waals surface area contributed by atoms with Crippen LogP contribution >= 0.6 is 0 Å². The minimum absolute atomic E-state index is 0.113. The van der Waals surface area contributed by atoms with Crippen LogP contribution in [-0.2, 0) is 6.42 Å². The van der Waals surface area contributed by atoms with Crippen molar-refractivity contribution < 1.29 is 14.3 Å². The summed E-state index contributed by atoms with van der Waals surface area (Å²) in [5, 5.41) is 12.7. The van der Waals surface area contributed by atoms with Crippen molar-refractivity contribution >= 4 is 5.91 Å². The lowest BCUT2D eigenvalue weighted by Gasteiger charge is -2.30. The quantitative estimate of drug-likeness (QED) is 0.887. The second kappa shape index (κ2) is 5.24. The number of aryl methyl sites for hydroxylation is 2. The molecule has 1 aromatic heterocycles. The number of hydrogen-bond acceptors (Lipinski definition) is 3. The minimum atomic E-state index is -0.135. The first kappa shape index (κ1) is 13.7. The van der Waals surface area contributed by atoms with E-state index in [4.69, 9.17) is 4.42 Å². The highest BCUT2D eigenvalue weighted by Gasteiger charge is 2.47. The highest BCUT2D eigenvalue weighted by molar-refractivity contribution is 5.92. The molecular formula is C16H23NO3. The first-order chi connectivity index (χ1) is 9.63. The molecule has 2 N–H and O–H groups in total. The van der Waals surface area contributed by atoms with Gasteiger partial charge in [0, 0.05) is 25.0 Å². The van der Waals surface area contributed by atoms with Gasteiger partial charge in [0.05, 0.1) is 0 Å². The molecular weight excluding hydrogens is 254 g/mol. The lowest BCUT2D eigenvalue weighted by atomic mass is 9.85. The molecule has 4 nitrogen and oxygen atoms in total. The summed E-state index contributed by atoms with van der Waals surface area (Å²) in [6.07, 6.45) is 4.31. The Kier molecular flexibility index (Phi) is 3.59. The maximum atomic E-state index is 12.3. The van der Waals surface area contributed by atoms with Gasteiger partial charge in [-0.1, -0.05) is 6.92 Å². The Labute approximate surface area is 119 Å². The predicted molar refractivity (Wildman–Crippen MR) is 75.5 cm³/mol. The van der Waals surface area contributed by atoms with Crippen molar-refractivity contribution in [1.82, 2.24) is 5.32 Å². The Morgan fingerprint density at radius 1 is 1.45 bits per heavy atom. The molecule has 1 heterocycles. The van der Waals surface area contributed by atoms with E-state index in [0.717, 1.165) is 24.2 Å². The Balaban J connectivity index is 1.72. The normalized spacial score (nSPS) is 31.8. The van der Waals surface area contributed by atoms with Crippen LogP contribution in [0.4, 0.5) is 0 Å².